The molecule has 5 heteroatoms. The maximum Gasteiger partial charge on any atom is 0.317 e. The molecule has 5 nitrogen and oxygen atoms in total. The zero-order chi connectivity index (χ0) is 14.8. The Bertz CT molecular complexity index is 433. The fourth-order valence-corrected chi connectivity index (χ4v) is 3.48. The molecule has 0 radical (unpaired) electrons. The lowest BCUT2D eigenvalue weighted by Gasteiger charge is -2.45. The lowest BCUT2D eigenvalue weighted by atomic mass is 9.65. The second-order valence-corrected chi connectivity index (χ2v) is 5.55. The van der Waals surface area contributed by atoms with E-state index in [1.54, 1.807) is 0 Å². The molecule has 1 saturated heterocycles. The van der Waals surface area contributed by atoms with Crippen molar-refractivity contribution in [2.24, 2.45) is 16.4 Å². The Morgan fingerprint density at radius 3 is 3.00 bits per heavy atom. The quantitative estimate of drug-likeness (QED) is 0.582. The lowest BCUT2D eigenvalue weighted by Crippen LogP contribution is -2.53. The van der Waals surface area contributed by atoms with E-state index in [1.807, 2.05) is 20.1 Å². The highest BCUT2D eigenvalue weighted by Gasteiger charge is 2.51. The number of nitrogens with zero attached hydrogens (tertiary/aromatic N) is 2. The Kier molecular flexibility index (Phi) is 4.48. The SMILES string of the molecule is CC.COC(=O)[C@]12CC3C=NNC3C=C1CCN(C)C2. The van der Waals surface area contributed by atoms with Gasteiger partial charge in [-0.25, -0.2) is 0 Å². The first kappa shape index (κ1) is 15.0. The average molecular weight is 279 g/mol. The standard InChI is InChI=1S/C13H19N3O2.C2H6/c1-16-4-3-10-5-11-9(7-14-15-11)6-13(10,8-16)12(17)18-2;1-2/h5,7,9,11,15H,3-4,6,8H2,1-2H3;1-2H3/t9?,11?,13-;/m0./s1. The number of likely N-dealkylation sites (tertiary alicyclic amines) is 1. The van der Waals surface area contributed by atoms with E-state index in [1.165, 1.54) is 12.7 Å². The third-order valence-electron chi connectivity index (χ3n) is 4.41. The van der Waals surface area contributed by atoms with Crippen molar-refractivity contribution in [2.45, 2.75) is 32.7 Å². The van der Waals surface area contributed by atoms with Gasteiger partial charge in [-0.1, -0.05) is 25.5 Å². The van der Waals surface area contributed by atoms with Crippen molar-refractivity contribution >= 4 is 12.2 Å². The summed E-state index contributed by atoms with van der Waals surface area (Å²) in [5.74, 6) is 0.207. The van der Waals surface area contributed by atoms with Crippen LogP contribution in [-0.2, 0) is 9.53 Å². The number of hydrazone groups is 1. The molecule has 1 aliphatic carbocycles. The van der Waals surface area contributed by atoms with E-state index >= 15 is 0 Å². The summed E-state index contributed by atoms with van der Waals surface area (Å²) in [7, 11) is 3.55. The number of rotatable bonds is 1. The fraction of sp³-hybridized carbons (Fsp3) is 0.733. The van der Waals surface area contributed by atoms with Gasteiger partial charge in [-0.2, -0.15) is 5.10 Å². The highest BCUT2D eigenvalue weighted by atomic mass is 16.5. The van der Waals surface area contributed by atoms with Crippen LogP contribution < -0.4 is 5.43 Å². The summed E-state index contributed by atoms with van der Waals surface area (Å²) < 4.78 is 5.08. The van der Waals surface area contributed by atoms with E-state index in [0.717, 1.165) is 25.9 Å². The largest absolute Gasteiger partial charge is 0.468 e. The number of esters is 1. The molecule has 0 saturated carbocycles. The van der Waals surface area contributed by atoms with E-state index in [4.69, 9.17) is 4.74 Å². The minimum atomic E-state index is -0.457. The van der Waals surface area contributed by atoms with Gasteiger partial charge in [-0.05, 0) is 19.9 Å². The Balaban J connectivity index is 0.000000704. The number of piperidine rings is 1. The van der Waals surface area contributed by atoms with Crippen molar-refractivity contribution < 1.29 is 9.53 Å². The number of carbonyl (C=O) groups is 1. The van der Waals surface area contributed by atoms with Gasteiger partial charge in [0, 0.05) is 25.2 Å². The van der Waals surface area contributed by atoms with Gasteiger partial charge >= 0.3 is 5.97 Å². The van der Waals surface area contributed by atoms with Crippen molar-refractivity contribution in [1.82, 2.24) is 10.3 Å². The van der Waals surface area contributed by atoms with E-state index in [-0.39, 0.29) is 12.0 Å². The zero-order valence-electron chi connectivity index (χ0n) is 12.8. The van der Waals surface area contributed by atoms with Crippen molar-refractivity contribution in [1.29, 1.82) is 0 Å². The minimum Gasteiger partial charge on any atom is -0.468 e. The van der Waals surface area contributed by atoms with Crippen LogP contribution in [0.1, 0.15) is 26.7 Å². The van der Waals surface area contributed by atoms with Crippen LogP contribution in [0.4, 0.5) is 0 Å². The van der Waals surface area contributed by atoms with Crippen LogP contribution in [0, 0.1) is 11.3 Å². The highest BCUT2D eigenvalue weighted by Crippen LogP contribution is 2.46. The Labute approximate surface area is 121 Å². The van der Waals surface area contributed by atoms with Gasteiger partial charge in [0.05, 0.1) is 13.2 Å². The third kappa shape index (κ3) is 2.35. The second kappa shape index (κ2) is 5.95. The Morgan fingerprint density at radius 2 is 2.30 bits per heavy atom. The molecule has 20 heavy (non-hydrogen) atoms. The van der Waals surface area contributed by atoms with Gasteiger partial charge in [-0.15, -0.1) is 0 Å². The molecule has 1 N–H and O–H groups in total. The summed E-state index contributed by atoms with van der Waals surface area (Å²) in [5, 5.41) is 4.14. The Morgan fingerprint density at radius 1 is 1.55 bits per heavy atom. The molecule has 2 aliphatic heterocycles. The summed E-state index contributed by atoms with van der Waals surface area (Å²) in [6, 6.07) is 0.265. The predicted octanol–water partition coefficient (Wildman–Crippen LogP) is 1.41. The highest BCUT2D eigenvalue weighted by molar-refractivity contribution is 5.83. The normalized spacial score (nSPS) is 34.9. The van der Waals surface area contributed by atoms with Gasteiger partial charge in [-0.3, -0.25) is 4.79 Å². The van der Waals surface area contributed by atoms with E-state index < -0.39 is 5.41 Å². The van der Waals surface area contributed by atoms with Gasteiger partial charge < -0.3 is 15.1 Å². The molecule has 0 aromatic rings. The second-order valence-electron chi connectivity index (χ2n) is 5.55. The van der Waals surface area contributed by atoms with Crippen molar-refractivity contribution in [3.8, 4) is 0 Å². The molecular formula is C15H25N3O2. The average Bonchev–Trinajstić information content (AvgIpc) is 2.92. The predicted molar refractivity (Wildman–Crippen MR) is 79.5 cm³/mol. The third-order valence-corrected chi connectivity index (χ3v) is 4.41. The molecule has 3 aliphatic rings. The summed E-state index contributed by atoms with van der Waals surface area (Å²) in [6.07, 6.45) is 5.87. The molecular weight excluding hydrogens is 254 g/mol. The number of ether oxygens (including phenoxy) is 1. The topological polar surface area (TPSA) is 53.9 Å². The van der Waals surface area contributed by atoms with Gasteiger partial charge in [0.2, 0.25) is 0 Å². The Hall–Kier alpha value is -1.36. The molecule has 1 fully saturated rings. The van der Waals surface area contributed by atoms with Crippen molar-refractivity contribution in [3.63, 3.8) is 0 Å². The molecule has 2 heterocycles. The summed E-state index contributed by atoms with van der Waals surface area (Å²) in [5.41, 5.74) is 3.88. The number of nitrogens with one attached hydrogen (secondary N) is 1. The lowest BCUT2D eigenvalue weighted by molar-refractivity contribution is -0.153. The molecule has 0 aromatic heterocycles. The first-order valence-electron chi connectivity index (χ1n) is 7.42. The maximum atomic E-state index is 12.3. The van der Waals surface area contributed by atoms with E-state index in [0.29, 0.717) is 5.92 Å². The van der Waals surface area contributed by atoms with Gasteiger partial charge in [0.25, 0.3) is 0 Å². The number of hydrogen-bond donors (Lipinski definition) is 1. The molecule has 0 bridgehead atoms. The molecule has 0 spiro atoms. The molecule has 2 unspecified atom stereocenters. The fourth-order valence-electron chi connectivity index (χ4n) is 3.48. The number of hydrogen-bond acceptors (Lipinski definition) is 5. The van der Waals surface area contributed by atoms with Crippen LogP contribution in [0.3, 0.4) is 0 Å². The first-order valence-corrected chi connectivity index (χ1v) is 7.42. The van der Waals surface area contributed by atoms with Crippen LogP contribution in [-0.4, -0.2) is 50.4 Å². The molecule has 0 amide bonds. The molecule has 3 rings (SSSR count). The van der Waals surface area contributed by atoms with Crippen LogP contribution in [0.15, 0.2) is 16.8 Å². The van der Waals surface area contributed by atoms with Crippen LogP contribution in [0.2, 0.25) is 0 Å². The van der Waals surface area contributed by atoms with Crippen molar-refractivity contribution in [2.75, 3.05) is 27.2 Å². The molecule has 3 atom stereocenters. The number of fused-ring (bicyclic) bond motifs is 2. The summed E-state index contributed by atoms with van der Waals surface area (Å²) in [4.78, 5) is 14.5. The molecule has 0 aromatic carbocycles. The van der Waals surface area contributed by atoms with Gasteiger partial charge in [0.1, 0.15) is 5.41 Å². The first-order chi connectivity index (χ1) is 9.65. The number of methoxy groups -OCH3 is 1. The zero-order valence-corrected chi connectivity index (χ0v) is 12.8. The smallest absolute Gasteiger partial charge is 0.317 e. The van der Waals surface area contributed by atoms with Crippen molar-refractivity contribution in [3.05, 3.63) is 11.6 Å². The van der Waals surface area contributed by atoms with Crippen LogP contribution in [0.5, 0.6) is 0 Å². The van der Waals surface area contributed by atoms with Crippen LogP contribution in [0.25, 0.3) is 0 Å². The monoisotopic (exact) mass is 279 g/mol. The summed E-state index contributed by atoms with van der Waals surface area (Å²) in [6.45, 7) is 5.76. The maximum absolute atomic E-state index is 12.3. The summed E-state index contributed by atoms with van der Waals surface area (Å²) >= 11 is 0. The van der Waals surface area contributed by atoms with E-state index in [2.05, 4.69) is 28.6 Å². The van der Waals surface area contributed by atoms with E-state index in [9.17, 15) is 4.79 Å². The van der Waals surface area contributed by atoms with Gasteiger partial charge in [0.15, 0.2) is 0 Å². The molecule has 112 valence electrons. The number of carbonyl (C=O) groups excluding carboxylic acids is 1. The minimum absolute atomic E-state index is 0.0981. The van der Waals surface area contributed by atoms with Crippen LogP contribution >= 0.6 is 0 Å².